The average Bonchev–Trinajstić information content (AvgIpc) is 2.43. The number of hydrogen-bond acceptors (Lipinski definition) is 3. The summed E-state index contributed by atoms with van der Waals surface area (Å²) >= 11 is 16.9. The molecule has 0 saturated heterocycles. The van der Waals surface area contributed by atoms with E-state index in [1.54, 1.807) is 0 Å². The van der Waals surface area contributed by atoms with Crippen LogP contribution in [0.1, 0.15) is 0 Å². The van der Waals surface area contributed by atoms with Crippen molar-refractivity contribution in [2.24, 2.45) is 0 Å². The quantitative estimate of drug-likeness (QED) is 0.925. The Morgan fingerprint density at radius 3 is 2.71 bits per heavy atom. The van der Waals surface area contributed by atoms with Gasteiger partial charge in [0.15, 0.2) is 0 Å². The lowest BCUT2D eigenvalue weighted by molar-refractivity contribution is -0.117. The molecule has 0 radical (unpaired) electrons. The van der Waals surface area contributed by atoms with Crippen molar-refractivity contribution in [1.29, 1.82) is 0 Å². The maximum absolute atomic E-state index is 13.5. The molecule has 0 saturated carbocycles. The van der Waals surface area contributed by atoms with Gasteiger partial charge in [0, 0.05) is 5.02 Å². The molecular formula is C12H7Cl3FN3O2. The van der Waals surface area contributed by atoms with Gasteiger partial charge in [0.25, 0.3) is 5.56 Å². The smallest absolute Gasteiger partial charge is 0.287 e. The van der Waals surface area contributed by atoms with Crippen molar-refractivity contribution >= 4 is 46.4 Å². The largest absolute Gasteiger partial charge is 0.322 e. The van der Waals surface area contributed by atoms with E-state index < -0.39 is 23.8 Å². The number of rotatable bonds is 3. The molecule has 0 fully saturated rings. The number of benzene rings is 1. The van der Waals surface area contributed by atoms with Crippen LogP contribution in [0.4, 0.5) is 10.1 Å². The first-order valence-electron chi connectivity index (χ1n) is 5.54. The van der Waals surface area contributed by atoms with Crippen molar-refractivity contribution in [2.75, 3.05) is 5.32 Å². The van der Waals surface area contributed by atoms with Crippen molar-refractivity contribution in [1.82, 2.24) is 9.78 Å². The van der Waals surface area contributed by atoms with Gasteiger partial charge in [0.1, 0.15) is 17.4 Å². The van der Waals surface area contributed by atoms with E-state index in [1.165, 1.54) is 12.1 Å². The highest BCUT2D eigenvalue weighted by Gasteiger charge is 2.12. The first-order chi connectivity index (χ1) is 9.88. The molecule has 1 heterocycles. The summed E-state index contributed by atoms with van der Waals surface area (Å²) in [6.45, 7) is -0.433. The molecule has 2 rings (SSSR count). The number of carbonyl (C=O) groups excluding carboxylic acids is 1. The van der Waals surface area contributed by atoms with E-state index in [4.69, 9.17) is 34.8 Å². The lowest BCUT2D eigenvalue weighted by Crippen LogP contribution is -2.30. The number of hydrogen-bond donors (Lipinski definition) is 1. The fraction of sp³-hybridized carbons (Fsp3) is 0.0833. The fourth-order valence-corrected chi connectivity index (χ4v) is 1.90. The Morgan fingerprint density at radius 2 is 2.05 bits per heavy atom. The summed E-state index contributed by atoms with van der Waals surface area (Å²) in [7, 11) is 0. The minimum absolute atomic E-state index is 0.0120. The van der Waals surface area contributed by atoms with E-state index in [0.29, 0.717) is 0 Å². The molecule has 0 atom stereocenters. The zero-order valence-electron chi connectivity index (χ0n) is 10.2. The molecule has 0 aliphatic carbocycles. The lowest BCUT2D eigenvalue weighted by Gasteiger charge is -2.08. The van der Waals surface area contributed by atoms with Crippen LogP contribution in [-0.4, -0.2) is 15.7 Å². The van der Waals surface area contributed by atoms with Crippen LogP contribution in [0, 0.1) is 5.82 Å². The van der Waals surface area contributed by atoms with Crippen LogP contribution >= 0.6 is 34.8 Å². The van der Waals surface area contributed by atoms with Crippen LogP contribution in [0.25, 0.3) is 0 Å². The minimum atomic E-state index is -0.712. The maximum Gasteiger partial charge on any atom is 0.287 e. The summed E-state index contributed by atoms with van der Waals surface area (Å²) in [5.74, 6) is -1.34. The summed E-state index contributed by atoms with van der Waals surface area (Å²) < 4.78 is 14.3. The van der Waals surface area contributed by atoms with Gasteiger partial charge >= 0.3 is 0 Å². The van der Waals surface area contributed by atoms with Crippen LogP contribution in [-0.2, 0) is 11.3 Å². The van der Waals surface area contributed by atoms with Gasteiger partial charge in [0.05, 0.1) is 16.9 Å². The third-order valence-electron chi connectivity index (χ3n) is 2.44. The molecule has 0 bridgehead atoms. The summed E-state index contributed by atoms with van der Waals surface area (Å²) in [5, 5.41) is 5.92. The second-order valence-corrected chi connectivity index (χ2v) is 5.16. The summed E-state index contributed by atoms with van der Waals surface area (Å²) in [6.07, 6.45) is 1.14. The van der Waals surface area contributed by atoms with E-state index >= 15 is 0 Å². The number of nitrogens with one attached hydrogen (secondary N) is 1. The Bertz CT molecular complexity index is 764. The highest BCUT2D eigenvalue weighted by molar-refractivity contribution is 6.41. The highest BCUT2D eigenvalue weighted by atomic mass is 35.5. The molecule has 0 aliphatic heterocycles. The van der Waals surface area contributed by atoms with E-state index in [9.17, 15) is 14.0 Å². The third kappa shape index (κ3) is 3.72. The first-order valence-corrected chi connectivity index (χ1v) is 6.68. The maximum atomic E-state index is 13.5. The number of nitrogens with zero attached hydrogens (tertiary/aromatic N) is 2. The van der Waals surface area contributed by atoms with E-state index in [1.807, 2.05) is 0 Å². The Hall–Kier alpha value is -1.63. The number of aromatic nitrogens is 2. The first kappa shape index (κ1) is 15.8. The number of carbonyl (C=O) groups is 1. The van der Waals surface area contributed by atoms with Crippen molar-refractivity contribution < 1.29 is 9.18 Å². The normalized spacial score (nSPS) is 10.5. The predicted octanol–water partition coefficient (Wildman–Crippen LogP) is 2.98. The SMILES string of the molecule is O=C(Cn1ncc(Cl)c(Cl)c1=O)Nc1ccc(Cl)cc1F. The number of halogens is 4. The predicted molar refractivity (Wildman–Crippen MR) is 78.6 cm³/mol. The van der Waals surface area contributed by atoms with Crippen LogP contribution in [0.2, 0.25) is 15.1 Å². The topological polar surface area (TPSA) is 64.0 Å². The Balaban J connectivity index is 2.16. The molecule has 2 aromatic rings. The fourth-order valence-electron chi connectivity index (χ4n) is 1.47. The lowest BCUT2D eigenvalue weighted by atomic mass is 10.3. The van der Waals surface area contributed by atoms with Gasteiger partial charge in [-0.05, 0) is 18.2 Å². The molecule has 0 spiro atoms. The van der Waals surface area contributed by atoms with Gasteiger partial charge < -0.3 is 5.32 Å². The van der Waals surface area contributed by atoms with Crippen molar-refractivity contribution in [3.63, 3.8) is 0 Å². The van der Waals surface area contributed by atoms with E-state index in [2.05, 4.69) is 10.4 Å². The molecule has 0 aliphatic rings. The van der Waals surface area contributed by atoms with Gasteiger partial charge in [-0.1, -0.05) is 34.8 Å². The molecule has 5 nitrogen and oxygen atoms in total. The van der Waals surface area contributed by atoms with Gasteiger partial charge in [-0.2, -0.15) is 5.10 Å². The molecule has 110 valence electrons. The second-order valence-electron chi connectivity index (χ2n) is 3.94. The summed E-state index contributed by atoms with van der Waals surface area (Å²) in [5.41, 5.74) is -0.770. The monoisotopic (exact) mass is 349 g/mol. The van der Waals surface area contributed by atoms with Crippen LogP contribution < -0.4 is 10.9 Å². The van der Waals surface area contributed by atoms with Crippen molar-refractivity contribution in [3.8, 4) is 0 Å². The standard InChI is InChI=1S/C12H7Cl3FN3O2/c13-6-1-2-9(8(16)3-6)18-10(20)5-19-12(21)11(15)7(14)4-17-19/h1-4H,5H2,(H,18,20). The van der Waals surface area contributed by atoms with Gasteiger partial charge in [-0.25, -0.2) is 9.07 Å². The molecule has 0 unspecified atom stereocenters. The summed E-state index contributed by atoms with van der Waals surface area (Å²) in [6, 6.07) is 3.78. The van der Waals surface area contributed by atoms with Gasteiger partial charge in [0.2, 0.25) is 5.91 Å². The number of amides is 1. The Kier molecular flexibility index (Phi) is 4.82. The minimum Gasteiger partial charge on any atom is -0.322 e. The van der Waals surface area contributed by atoms with Crippen LogP contribution in [0.5, 0.6) is 0 Å². The van der Waals surface area contributed by atoms with Crippen molar-refractivity contribution in [2.45, 2.75) is 6.54 Å². The molecule has 1 amide bonds. The molecule has 21 heavy (non-hydrogen) atoms. The number of anilines is 1. The van der Waals surface area contributed by atoms with Gasteiger partial charge in [-0.3, -0.25) is 9.59 Å². The van der Waals surface area contributed by atoms with E-state index in [0.717, 1.165) is 16.9 Å². The summed E-state index contributed by atoms with van der Waals surface area (Å²) in [4.78, 5) is 23.5. The zero-order chi connectivity index (χ0) is 15.6. The van der Waals surface area contributed by atoms with Crippen LogP contribution in [0.3, 0.4) is 0 Å². The average molecular weight is 351 g/mol. The van der Waals surface area contributed by atoms with Crippen LogP contribution in [0.15, 0.2) is 29.2 Å². The molecule has 9 heteroatoms. The molecule has 1 N–H and O–H groups in total. The van der Waals surface area contributed by atoms with Crippen molar-refractivity contribution in [3.05, 3.63) is 55.6 Å². The highest BCUT2D eigenvalue weighted by Crippen LogP contribution is 2.19. The Morgan fingerprint density at radius 1 is 1.33 bits per heavy atom. The molecular weight excluding hydrogens is 344 g/mol. The molecule has 1 aromatic heterocycles. The van der Waals surface area contributed by atoms with Gasteiger partial charge in [-0.15, -0.1) is 0 Å². The third-order valence-corrected chi connectivity index (χ3v) is 3.42. The van der Waals surface area contributed by atoms with E-state index in [-0.39, 0.29) is 20.8 Å². The second kappa shape index (κ2) is 6.43. The molecule has 1 aromatic carbocycles. The Labute approximate surface area is 133 Å². The zero-order valence-corrected chi connectivity index (χ0v) is 12.5.